The minimum absolute atomic E-state index is 0.137. The quantitative estimate of drug-likeness (QED) is 0.764. The summed E-state index contributed by atoms with van der Waals surface area (Å²) in [6.07, 6.45) is 1.80. The molecular weight excluding hydrogens is 186 g/mol. The summed E-state index contributed by atoms with van der Waals surface area (Å²) in [5.41, 5.74) is 3.10. The van der Waals surface area contributed by atoms with Crippen molar-refractivity contribution in [1.82, 2.24) is 4.98 Å². The van der Waals surface area contributed by atoms with Gasteiger partial charge in [0.1, 0.15) is 6.07 Å². The standard InChI is InChI=1S/C12H15N3/c1-5-8(2)15-12-6-9(3)14-10(4)11(12)7-13/h5-6,8H,1H2,2-4H3,(H,14,15). The summed E-state index contributed by atoms with van der Waals surface area (Å²) < 4.78 is 0. The van der Waals surface area contributed by atoms with Gasteiger partial charge >= 0.3 is 0 Å². The van der Waals surface area contributed by atoms with Crippen molar-refractivity contribution in [1.29, 1.82) is 5.26 Å². The van der Waals surface area contributed by atoms with Crippen LogP contribution < -0.4 is 5.32 Å². The van der Waals surface area contributed by atoms with Gasteiger partial charge in [0.15, 0.2) is 0 Å². The van der Waals surface area contributed by atoms with Gasteiger partial charge in [0.05, 0.1) is 16.9 Å². The van der Waals surface area contributed by atoms with E-state index < -0.39 is 0 Å². The molecule has 0 fully saturated rings. The highest BCUT2D eigenvalue weighted by atomic mass is 14.9. The van der Waals surface area contributed by atoms with Gasteiger partial charge in [0, 0.05) is 11.7 Å². The summed E-state index contributed by atoms with van der Waals surface area (Å²) in [4.78, 5) is 4.25. The Balaban J connectivity index is 3.16. The highest BCUT2D eigenvalue weighted by Gasteiger charge is 2.08. The normalized spacial score (nSPS) is 11.6. The van der Waals surface area contributed by atoms with Crippen LogP contribution in [0.4, 0.5) is 5.69 Å². The maximum absolute atomic E-state index is 9.02. The largest absolute Gasteiger partial charge is 0.378 e. The molecule has 0 saturated heterocycles. The van der Waals surface area contributed by atoms with Crippen LogP contribution in [0.3, 0.4) is 0 Å². The molecule has 1 heterocycles. The molecule has 1 N–H and O–H groups in total. The molecule has 1 atom stereocenters. The second-order valence-electron chi connectivity index (χ2n) is 3.55. The second kappa shape index (κ2) is 4.61. The van der Waals surface area contributed by atoms with E-state index in [0.717, 1.165) is 17.1 Å². The third-order valence-electron chi connectivity index (χ3n) is 2.18. The first-order valence-electron chi connectivity index (χ1n) is 4.86. The number of aromatic nitrogens is 1. The van der Waals surface area contributed by atoms with Crippen LogP contribution in [0.1, 0.15) is 23.9 Å². The summed E-state index contributed by atoms with van der Waals surface area (Å²) in [5.74, 6) is 0. The lowest BCUT2D eigenvalue weighted by atomic mass is 10.1. The van der Waals surface area contributed by atoms with Crippen LogP contribution in [0.15, 0.2) is 18.7 Å². The molecular formula is C12H15N3. The van der Waals surface area contributed by atoms with Crippen molar-refractivity contribution < 1.29 is 0 Å². The van der Waals surface area contributed by atoms with Crippen LogP contribution in [0.2, 0.25) is 0 Å². The van der Waals surface area contributed by atoms with E-state index in [0.29, 0.717) is 5.56 Å². The van der Waals surface area contributed by atoms with E-state index >= 15 is 0 Å². The molecule has 1 rings (SSSR count). The molecule has 0 aliphatic carbocycles. The van der Waals surface area contributed by atoms with E-state index in [4.69, 9.17) is 5.26 Å². The van der Waals surface area contributed by atoms with Crippen molar-refractivity contribution in [3.8, 4) is 6.07 Å². The molecule has 0 aliphatic heterocycles. The van der Waals surface area contributed by atoms with Crippen molar-refractivity contribution in [3.63, 3.8) is 0 Å². The molecule has 0 bridgehead atoms. The van der Waals surface area contributed by atoms with Crippen molar-refractivity contribution in [2.75, 3.05) is 5.32 Å². The number of nitrogens with zero attached hydrogens (tertiary/aromatic N) is 2. The monoisotopic (exact) mass is 201 g/mol. The van der Waals surface area contributed by atoms with Gasteiger partial charge in [-0.05, 0) is 26.8 Å². The molecule has 0 amide bonds. The average Bonchev–Trinajstić information content (AvgIpc) is 2.17. The van der Waals surface area contributed by atoms with Crippen molar-refractivity contribution in [3.05, 3.63) is 35.7 Å². The van der Waals surface area contributed by atoms with Gasteiger partial charge in [-0.15, -0.1) is 6.58 Å². The zero-order chi connectivity index (χ0) is 11.4. The van der Waals surface area contributed by atoms with Gasteiger partial charge in [-0.1, -0.05) is 6.08 Å². The molecule has 15 heavy (non-hydrogen) atoms. The molecule has 0 aromatic carbocycles. The van der Waals surface area contributed by atoms with Gasteiger partial charge in [-0.25, -0.2) is 0 Å². The first kappa shape index (κ1) is 11.3. The number of rotatable bonds is 3. The summed E-state index contributed by atoms with van der Waals surface area (Å²) in [5, 5.41) is 12.2. The van der Waals surface area contributed by atoms with Crippen molar-refractivity contribution in [2.45, 2.75) is 26.8 Å². The number of aryl methyl sites for hydroxylation is 2. The van der Waals surface area contributed by atoms with E-state index in [9.17, 15) is 0 Å². The lowest BCUT2D eigenvalue weighted by Crippen LogP contribution is -2.13. The van der Waals surface area contributed by atoms with Gasteiger partial charge in [0.25, 0.3) is 0 Å². The van der Waals surface area contributed by atoms with E-state index in [1.807, 2.05) is 26.8 Å². The van der Waals surface area contributed by atoms with Gasteiger partial charge < -0.3 is 5.32 Å². The Bertz CT molecular complexity index is 416. The molecule has 1 aromatic heterocycles. The summed E-state index contributed by atoms with van der Waals surface area (Å²) >= 11 is 0. The van der Waals surface area contributed by atoms with E-state index in [-0.39, 0.29) is 6.04 Å². The number of hydrogen-bond donors (Lipinski definition) is 1. The van der Waals surface area contributed by atoms with Crippen LogP contribution in [-0.4, -0.2) is 11.0 Å². The van der Waals surface area contributed by atoms with E-state index in [1.54, 1.807) is 6.08 Å². The van der Waals surface area contributed by atoms with E-state index in [1.165, 1.54) is 0 Å². The SMILES string of the molecule is C=CC(C)Nc1cc(C)nc(C)c1C#N. The Hall–Kier alpha value is -1.82. The number of nitriles is 1. The van der Waals surface area contributed by atoms with Crippen LogP contribution >= 0.6 is 0 Å². The number of nitrogens with one attached hydrogen (secondary N) is 1. The molecule has 1 unspecified atom stereocenters. The minimum Gasteiger partial charge on any atom is -0.378 e. The fraction of sp³-hybridized carbons (Fsp3) is 0.333. The number of pyridine rings is 1. The van der Waals surface area contributed by atoms with Crippen LogP contribution in [0.25, 0.3) is 0 Å². The third-order valence-corrected chi connectivity index (χ3v) is 2.18. The topological polar surface area (TPSA) is 48.7 Å². The predicted molar refractivity (Wildman–Crippen MR) is 61.7 cm³/mol. The van der Waals surface area contributed by atoms with E-state index in [2.05, 4.69) is 22.9 Å². The van der Waals surface area contributed by atoms with Crippen molar-refractivity contribution in [2.24, 2.45) is 0 Å². The highest BCUT2D eigenvalue weighted by molar-refractivity contribution is 5.60. The Morgan fingerprint density at radius 1 is 1.60 bits per heavy atom. The Morgan fingerprint density at radius 3 is 2.80 bits per heavy atom. The summed E-state index contributed by atoms with van der Waals surface area (Å²) in [7, 11) is 0. The zero-order valence-electron chi connectivity index (χ0n) is 9.33. The smallest absolute Gasteiger partial charge is 0.103 e. The molecule has 0 aliphatic rings. The maximum Gasteiger partial charge on any atom is 0.103 e. The average molecular weight is 201 g/mol. The zero-order valence-corrected chi connectivity index (χ0v) is 9.33. The number of hydrogen-bond acceptors (Lipinski definition) is 3. The van der Waals surface area contributed by atoms with Crippen LogP contribution in [0.5, 0.6) is 0 Å². The summed E-state index contributed by atoms with van der Waals surface area (Å²) in [6, 6.07) is 4.18. The van der Waals surface area contributed by atoms with Gasteiger partial charge in [-0.3, -0.25) is 4.98 Å². The van der Waals surface area contributed by atoms with Gasteiger partial charge in [-0.2, -0.15) is 5.26 Å². The second-order valence-corrected chi connectivity index (χ2v) is 3.55. The fourth-order valence-corrected chi connectivity index (χ4v) is 1.39. The van der Waals surface area contributed by atoms with Crippen LogP contribution in [-0.2, 0) is 0 Å². The predicted octanol–water partition coefficient (Wildman–Crippen LogP) is 2.56. The Kier molecular flexibility index (Phi) is 3.46. The molecule has 0 radical (unpaired) electrons. The molecule has 0 saturated carbocycles. The van der Waals surface area contributed by atoms with Gasteiger partial charge in [0.2, 0.25) is 0 Å². The highest BCUT2D eigenvalue weighted by Crippen LogP contribution is 2.19. The molecule has 0 spiro atoms. The first-order chi connectivity index (χ1) is 7.08. The number of anilines is 1. The molecule has 3 heteroatoms. The fourth-order valence-electron chi connectivity index (χ4n) is 1.39. The molecule has 1 aromatic rings. The van der Waals surface area contributed by atoms with Crippen molar-refractivity contribution >= 4 is 5.69 Å². The first-order valence-corrected chi connectivity index (χ1v) is 4.86. The molecule has 78 valence electrons. The third kappa shape index (κ3) is 2.57. The maximum atomic E-state index is 9.02. The Morgan fingerprint density at radius 2 is 2.27 bits per heavy atom. The molecule has 3 nitrogen and oxygen atoms in total. The lowest BCUT2D eigenvalue weighted by Gasteiger charge is -2.13. The minimum atomic E-state index is 0.137. The summed E-state index contributed by atoms with van der Waals surface area (Å²) in [6.45, 7) is 9.44. The van der Waals surface area contributed by atoms with Crippen LogP contribution in [0, 0.1) is 25.2 Å². The lowest BCUT2D eigenvalue weighted by molar-refractivity contribution is 0.989. The Labute approximate surface area is 90.5 Å².